The van der Waals surface area contributed by atoms with Crippen LogP contribution in [0.4, 0.5) is 0 Å². The molecule has 2 rings (SSSR count). The average molecular weight is 138 g/mol. The van der Waals surface area contributed by atoms with Gasteiger partial charge in [0.25, 0.3) is 0 Å². The van der Waals surface area contributed by atoms with E-state index < -0.39 is 0 Å². The van der Waals surface area contributed by atoms with E-state index in [4.69, 9.17) is 14.6 Å². The Balaban J connectivity index is 2.57. The van der Waals surface area contributed by atoms with Gasteiger partial charge in [-0.2, -0.15) is 0 Å². The topological polar surface area (TPSA) is 42.0 Å². The van der Waals surface area contributed by atoms with Crippen molar-refractivity contribution in [3.8, 4) is 23.0 Å². The van der Waals surface area contributed by atoms with Crippen LogP contribution in [0.15, 0.2) is 12.1 Å². The number of hydrogen-bond donors (Lipinski definition) is 1. The first kappa shape index (κ1) is 5.41. The summed E-state index contributed by atoms with van der Waals surface area (Å²) in [6.45, 7) is 0. The lowest BCUT2D eigenvalue weighted by Crippen LogP contribution is -1.79. The van der Waals surface area contributed by atoms with Crippen LogP contribution in [0.1, 0.15) is 0 Å². The van der Waals surface area contributed by atoms with Crippen LogP contribution in [0.2, 0.25) is 0 Å². The zero-order chi connectivity index (χ0) is 7.14. The van der Waals surface area contributed by atoms with Crippen molar-refractivity contribution in [2.45, 2.75) is 0 Å². The number of phenols is 1. The van der Waals surface area contributed by atoms with Crippen LogP contribution < -0.4 is 9.47 Å². The summed E-state index contributed by atoms with van der Waals surface area (Å²) in [4.78, 5) is 0. The number of ether oxygens (including phenoxy) is 2. The molecule has 1 N–H and O–H groups in total. The molecular weight excluding hydrogens is 132 g/mol. The normalized spacial score (nSPS) is 11.7. The van der Waals surface area contributed by atoms with Crippen LogP contribution in [0, 0.1) is 0 Å². The number of aromatic hydroxyl groups is 1. The van der Waals surface area contributed by atoms with Gasteiger partial charge < -0.3 is 14.6 Å². The van der Waals surface area contributed by atoms with Gasteiger partial charge in [-0.1, -0.05) is 0 Å². The maximum Gasteiger partial charge on any atom is 0.215 e. The van der Waals surface area contributed by atoms with E-state index in [1.54, 1.807) is 12.1 Å². The third-order valence-electron chi connectivity index (χ3n) is 1.43. The van der Waals surface area contributed by atoms with E-state index in [1.807, 2.05) is 0 Å². The highest BCUT2D eigenvalue weighted by molar-refractivity contribution is 5.67. The number of rotatable bonds is 1. The minimum Gasteiger partial charge on any atom is -0.504 e. The molecule has 10 heavy (non-hydrogen) atoms. The van der Waals surface area contributed by atoms with Crippen LogP contribution in [0.25, 0.3) is 0 Å². The standard InChI is InChI=1S/C7H6O3/c1-9-6-4(8)2-3-5-7(6)10-5/h2-3,8H,1H3. The van der Waals surface area contributed by atoms with Crippen LogP contribution >= 0.6 is 0 Å². The molecule has 0 saturated carbocycles. The summed E-state index contributed by atoms with van der Waals surface area (Å²) in [5.41, 5.74) is 0. The Morgan fingerprint density at radius 1 is 1.50 bits per heavy atom. The second-order valence-corrected chi connectivity index (χ2v) is 2.05. The van der Waals surface area contributed by atoms with Gasteiger partial charge in [-0.3, -0.25) is 0 Å². The first-order chi connectivity index (χ1) is 4.83. The van der Waals surface area contributed by atoms with Gasteiger partial charge in [0.2, 0.25) is 11.5 Å². The largest absolute Gasteiger partial charge is 0.504 e. The smallest absolute Gasteiger partial charge is 0.215 e. The fourth-order valence-corrected chi connectivity index (χ4v) is 0.896. The summed E-state index contributed by atoms with van der Waals surface area (Å²) in [5, 5.41) is 9.12. The van der Waals surface area contributed by atoms with Crippen molar-refractivity contribution >= 4 is 0 Å². The molecular formula is C7H6O3. The molecule has 3 nitrogen and oxygen atoms in total. The molecule has 1 aromatic carbocycles. The predicted octanol–water partition coefficient (Wildman–Crippen LogP) is 1.51. The average Bonchev–Trinajstić information content (AvgIpc) is 2.66. The SMILES string of the molecule is COc1c(O)ccc2c1O2. The van der Waals surface area contributed by atoms with Crippen molar-refractivity contribution in [2.75, 3.05) is 7.11 Å². The van der Waals surface area contributed by atoms with Crippen LogP contribution in [0.5, 0.6) is 23.0 Å². The number of methoxy groups -OCH3 is 1. The minimum atomic E-state index is 0.124. The van der Waals surface area contributed by atoms with Gasteiger partial charge >= 0.3 is 0 Å². The summed E-state index contributed by atoms with van der Waals surface area (Å²) < 4.78 is 9.81. The van der Waals surface area contributed by atoms with E-state index in [1.165, 1.54) is 7.11 Å². The fourth-order valence-electron chi connectivity index (χ4n) is 0.896. The lowest BCUT2D eigenvalue weighted by molar-refractivity contribution is 0.370. The molecule has 1 heterocycles. The summed E-state index contributed by atoms with van der Waals surface area (Å²) >= 11 is 0. The molecule has 0 unspecified atom stereocenters. The molecule has 0 bridgehead atoms. The van der Waals surface area contributed by atoms with Crippen molar-refractivity contribution < 1.29 is 14.6 Å². The van der Waals surface area contributed by atoms with Crippen LogP contribution in [-0.2, 0) is 0 Å². The Morgan fingerprint density at radius 2 is 2.30 bits per heavy atom. The summed E-state index contributed by atoms with van der Waals surface area (Å²) in [5.74, 6) is 1.99. The highest BCUT2D eigenvalue weighted by atomic mass is 16.6. The minimum absolute atomic E-state index is 0.124. The Kier molecular flexibility index (Phi) is 0.845. The highest BCUT2D eigenvalue weighted by Crippen LogP contribution is 2.55. The third kappa shape index (κ3) is 0.543. The lowest BCUT2D eigenvalue weighted by atomic mass is 10.3. The highest BCUT2D eigenvalue weighted by Gasteiger charge is 2.27. The lowest BCUT2D eigenvalue weighted by Gasteiger charge is -1.96. The molecule has 0 spiro atoms. The third-order valence-corrected chi connectivity index (χ3v) is 1.43. The molecule has 0 amide bonds. The van der Waals surface area contributed by atoms with Crippen LogP contribution in [-0.4, -0.2) is 12.2 Å². The first-order valence-corrected chi connectivity index (χ1v) is 2.90. The summed E-state index contributed by atoms with van der Waals surface area (Å²) in [7, 11) is 1.50. The van der Waals surface area contributed by atoms with Crippen molar-refractivity contribution in [3.63, 3.8) is 0 Å². The Bertz CT molecular complexity index is 277. The Morgan fingerprint density at radius 3 is 2.90 bits per heavy atom. The van der Waals surface area contributed by atoms with E-state index in [9.17, 15) is 0 Å². The molecule has 1 aliphatic heterocycles. The summed E-state index contributed by atoms with van der Waals surface area (Å²) in [6, 6.07) is 3.25. The molecule has 0 atom stereocenters. The van der Waals surface area contributed by atoms with E-state index in [0.717, 1.165) is 5.75 Å². The molecule has 0 radical (unpaired) electrons. The summed E-state index contributed by atoms with van der Waals surface area (Å²) in [6.07, 6.45) is 0. The van der Waals surface area contributed by atoms with Gasteiger partial charge in [-0.15, -0.1) is 0 Å². The molecule has 0 fully saturated rings. The predicted molar refractivity (Wildman–Crippen MR) is 34.7 cm³/mol. The second-order valence-electron chi connectivity index (χ2n) is 2.05. The zero-order valence-electron chi connectivity index (χ0n) is 5.42. The van der Waals surface area contributed by atoms with Gasteiger partial charge in [0.1, 0.15) is 0 Å². The molecule has 3 heteroatoms. The number of fused-ring (bicyclic) bond motifs is 1. The Labute approximate surface area is 57.8 Å². The first-order valence-electron chi connectivity index (χ1n) is 2.90. The maximum absolute atomic E-state index is 9.12. The van der Waals surface area contributed by atoms with Crippen molar-refractivity contribution in [3.05, 3.63) is 12.1 Å². The zero-order valence-corrected chi connectivity index (χ0v) is 5.42. The molecule has 1 aromatic rings. The second kappa shape index (κ2) is 1.56. The van der Waals surface area contributed by atoms with E-state index in [-0.39, 0.29) is 5.75 Å². The van der Waals surface area contributed by atoms with E-state index in [2.05, 4.69) is 0 Å². The maximum atomic E-state index is 9.12. The van der Waals surface area contributed by atoms with E-state index >= 15 is 0 Å². The molecule has 0 aromatic heterocycles. The van der Waals surface area contributed by atoms with E-state index in [0.29, 0.717) is 11.5 Å². The van der Waals surface area contributed by atoms with Crippen molar-refractivity contribution in [1.29, 1.82) is 0 Å². The quantitative estimate of drug-likeness (QED) is 0.607. The van der Waals surface area contributed by atoms with Gasteiger partial charge in [0.05, 0.1) is 7.11 Å². The number of benzene rings is 1. The van der Waals surface area contributed by atoms with Gasteiger partial charge in [0, 0.05) is 0 Å². The number of hydrogen-bond acceptors (Lipinski definition) is 3. The number of phenolic OH excluding ortho intramolecular Hbond substituents is 1. The fraction of sp³-hybridized carbons (Fsp3) is 0.143. The molecule has 1 aliphatic rings. The molecule has 52 valence electrons. The Hall–Kier alpha value is -1.38. The van der Waals surface area contributed by atoms with Gasteiger partial charge in [0.15, 0.2) is 11.5 Å². The molecule has 0 aliphatic carbocycles. The van der Waals surface area contributed by atoms with Crippen LogP contribution in [0.3, 0.4) is 0 Å². The van der Waals surface area contributed by atoms with Gasteiger partial charge in [-0.05, 0) is 12.1 Å². The molecule has 0 saturated heterocycles. The monoisotopic (exact) mass is 138 g/mol. The van der Waals surface area contributed by atoms with Crippen molar-refractivity contribution in [1.82, 2.24) is 0 Å². The van der Waals surface area contributed by atoms with Gasteiger partial charge in [-0.25, -0.2) is 0 Å². The van der Waals surface area contributed by atoms with Crippen molar-refractivity contribution in [2.24, 2.45) is 0 Å².